The van der Waals surface area contributed by atoms with Gasteiger partial charge in [0.15, 0.2) is 0 Å². The van der Waals surface area contributed by atoms with Crippen molar-refractivity contribution in [1.82, 2.24) is 4.31 Å². The Bertz CT molecular complexity index is 530. The van der Waals surface area contributed by atoms with Crippen molar-refractivity contribution in [3.63, 3.8) is 0 Å². The summed E-state index contributed by atoms with van der Waals surface area (Å²) in [7, 11) is -3.17. The maximum atomic E-state index is 12.2. The predicted octanol–water partition coefficient (Wildman–Crippen LogP) is 2.84. The van der Waals surface area contributed by atoms with Gasteiger partial charge in [-0.3, -0.25) is 0 Å². The summed E-state index contributed by atoms with van der Waals surface area (Å²) in [5.41, 5.74) is 0.963. The summed E-state index contributed by atoms with van der Waals surface area (Å²) in [5, 5.41) is 0.664. The molecule has 0 bridgehead atoms. The number of benzene rings is 1. The number of nitrogens with zero attached hydrogens (tertiary/aromatic N) is 1. The van der Waals surface area contributed by atoms with Crippen LogP contribution in [0.25, 0.3) is 0 Å². The van der Waals surface area contributed by atoms with Crippen molar-refractivity contribution >= 4 is 21.6 Å². The van der Waals surface area contributed by atoms with Gasteiger partial charge in [0.1, 0.15) is 0 Å². The van der Waals surface area contributed by atoms with E-state index in [-0.39, 0.29) is 11.9 Å². The minimum absolute atomic E-state index is 0.211. The van der Waals surface area contributed by atoms with Crippen LogP contribution in [0, 0.1) is 0 Å². The van der Waals surface area contributed by atoms with Crippen LogP contribution in [-0.2, 0) is 14.8 Å². The highest BCUT2D eigenvalue weighted by Crippen LogP contribution is 2.25. The van der Waals surface area contributed by atoms with Gasteiger partial charge in [-0.1, -0.05) is 37.1 Å². The van der Waals surface area contributed by atoms with Crippen LogP contribution in [0.5, 0.6) is 0 Å². The van der Waals surface area contributed by atoms with E-state index in [2.05, 4.69) is 0 Å². The van der Waals surface area contributed by atoms with E-state index in [1.807, 2.05) is 19.1 Å². The molecule has 1 aliphatic heterocycles. The van der Waals surface area contributed by atoms with Crippen molar-refractivity contribution in [2.75, 3.05) is 25.4 Å². The van der Waals surface area contributed by atoms with Crippen LogP contribution in [-0.4, -0.2) is 38.2 Å². The molecule has 0 spiro atoms. The molecule has 2 rings (SSSR count). The quantitative estimate of drug-likeness (QED) is 0.839. The topological polar surface area (TPSA) is 46.6 Å². The van der Waals surface area contributed by atoms with Crippen LogP contribution in [0.4, 0.5) is 0 Å². The fourth-order valence-electron chi connectivity index (χ4n) is 2.21. The maximum absolute atomic E-state index is 12.2. The number of hydrogen-bond acceptors (Lipinski definition) is 3. The van der Waals surface area contributed by atoms with Crippen LogP contribution in [0.3, 0.4) is 0 Å². The van der Waals surface area contributed by atoms with Gasteiger partial charge < -0.3 is 4.74 Å². The molecule has 0 N–H and O–H groups in total. The molecule has 0 radical (unpaired) electrons. The van der Waals surface area contributed by atoms with E-state index < -0.39 is 10.0 Å². The van der Waals surface area contributed by atoms with Crippen LogP contribution < -0.4 is 0 Å². The van der Waals surface area contributed by atoms with Gasteiger partial charge in [0.25, 0.3) is 0 Å². The summed E-state index contributed by atoms with van der Waals surface area (Å²) < 4.78 is 31.7. The van der Waals surface area contributed by atoms with Gasteiger partial charge in [-0.15, -0.1) is 0 Å². The Balaban J connectivity index is 2.06. The maximum Gasteiger partial charge on any atom is 0.214 e. The summed E-state index contributed by atoms with van der Waals surface area (Å²) in [6.45, 7) is 3.24. The Morgan fingerprint density at radius 1 is 1.35 bits per heavy atom. The third-order valence-electron chi connectivity index (χ3n) is 3.42. The fraction of sp³-hybridized carbons (Fsp3) is 0.571. The van der Waals surface area contributed by atoms with E-state index in [1.165, 1.54) is 0 Å². The SMILES string of the molecule is CCCCS(=O)(=O)N1CCOC(c2ccc(Cl)cc2)C1. The molecule has 0 saturated carbocycles. The molecule has 1 aromatic rings. The lowest BCUT2D eigenvalue weighted by molar-refractivity contribution is -0.00254. The molecule has 1 unspecified atom stereocenters. The molecule has 112 valence electrons. The molecule has 1 aliphatic rings. The van der Waals surface area contributed by atoms with Crippen LogP contribution in [0.2, 0.25) is 5.02 Å². The van der Waals surface area contributed by atoms with E-state index in [9.17, 15) is 8.42 Å². The third-order valence-corrected chi connectivity index (χ3v) is 5.60. The minimum atomic E-state index is -3.17. The molecule has 0 aromatic heterocycles. The zero-order chi connectivity index (χ0) is 14.6. The van der Waals surface area contributed by atoms with E-state index in [0.717, 1.165) is 12.0 Å². The van der Waals surface area contributed by atoms with E-state index in [0.29, 0.717) is 31.1 Å². The van der Waals surface area contributed by atoms with Crippen molar-refractivity contribution in [3.05, 3.63) is 34.9 Å². The highest BCUT2D eigenvalue weighted by molar-refractivity contribution is 7.89. The average molecular weight is 318 g/mol. The lowest BCUT2D eigenvalue weighted by Crippen LogP contribution is -2.43. The highest BCUT2D eigenvalue weighted by atomic mass is 35.5. The van der Waals surface area contributed by atoms with E-state index in [4.69, 9.17) is 16.3 Å². The minimum Gasteiger partial charge on any atom is -0.371 e. The Labute approximate surface area is 125 Å². The monoisotopic (exact) mass is 317 g/mol. The number of rotatable bonds is 5. The average Bonchev–Trinajstić information content (AvgIpc) is 2.46. The number of ether oxygens (including phenoxy) is 1. The van der Waals surface area contributed by atoms with E-state index in [1.54, 1.807) is 16.4 Å². The van der Waals surface area contributed by atoms with Gasteiger partial charge in [0, 0.05) is 18.1 Å². The largest absolute Gasteiger partial charge is 0.371 e. The smallest absolute Gasteiger partial charge is 0.214 e. The molecule has 1 atom stereocenters. The van der Waals surface area contributed by atoms with Crippen molar-refractivity contribution in [1.29, 1.82) is 0 Å². The molecule has 4 nitrogen and oxygen atoms in total. The van der Waals surface area contributed by atoms with Crippen molar-refractivity contribution < 1.29 is 13.2 Å². The summed E-state index contributed by atoms with van der Waals surface area (Å²) in [6, 6.07) is 7.36. The van der Waals surface area contributed by atoms with Gasteiger partial charge in [-0.05, 0) is 24.1 Å². The van der Waals surface area contributed by atoms with Crippen molar-refractivity contribution in [2.45, 2.75) is 25.9 Å². The van der Waals surface area contributed by atoms with Gasteiger partial charge in [-0.25, -0.2) is 8.42 Å². The zero-order valence-electron chi connectivity index (χ0n) is 11.6. The molecule has 20 heavy (non-hydrogen) atoms. The van der Waals surface area contributed by atoms with Gasteiger partial charge in [0.05, 0.1) is 18.5 Å². The van der Waals surface area contributed by atoms with Gasteiger partial charge in [0.2, 0.25) is 10.0 Å². The van der Waals surface area contributed by atoms with Crippen molar-refractivity contribution in [2.24, 2.45) is 0 Å². The molecule has 1 saturated heterocycles. The van der Waals surface area contributed by atoms with Gasteiger partial charge >= 0.3 is 0 Å². The first-order valence-corrected chi connectivity index (χ1v) is 8.86. The number of morpholine rings is 1. The Kier molecular flexibility index (Phi) is 5.43. The second-order valence-corrected chi connectivity index (χ2v) is 7.46. The van der Waals surface area contributed by atoms with Crippen LogP contribution in [0.15, 0.2) is 24.3 Å². The third kappa shape index (κ3) is 3.95. The number of sulfonamides is 1. The summed E-state index contributed by atoms with van der Waals surface area (Å²) >= 11 is 5.86. The van der Waals surface area contributed by atoms with Gasteiger partial charge in [-0.2, -0.15) is 4.31 Å². The number of hydrogen-bond donors (Lipinski definition) is 0. The summed E-state index contributed by atoms with van der Waals surface area (Å²) in [4.78, 5) is 0. The first-order valence-electron chi connectivity index (χ1n) is 6.88. The Morgan fingerprint density at radius 3 is 2.70 bits per heavy atom. The zero-order valence-corrected chi connectivity index (χ0v) is 13.2. The summed E-state index contributed by atoms with van der Waals surface area (Å²) in [6.07, 6.45) is 1.37. The summed E-state index contributed by atoms with van der Waals surface area (Å²) in [5.74, 6) is 0.219. The predicted molar refractivity (Wildman–Crippen MR) is 80.4 cm³/mol. The molecular formula is C14H20ClNO3S. The number of unbranched alkanes of at least 4 members (excludes halogenated alkanes) is 1. The Morgan fingerprint density at radius 2 is 2.05 bits per heavy atom. The number of halogens is 1. The van der Waals surface area contributed by atoms with Crippen molar-refractivity contribution in [3.8, 4) is 0 Å². The standard InChI is InChI=1S/C14H20ClNO3S/c1-2-3-10-20(17,18)16-8-9-19-14(11-16)12-4-6-13(15)7-5-12/h4-7,14H,2-3,8-11H2,1H3. The molecule has 6 heteroatoms. The normalized spacial score (nSPS) is 21.0. The Hall–Kier alpha value is -0.620. The molecule has 1 fully saturated rings. The lowest BCUT2D eigenvalue weighted by Gasteiger charge is -2.32. The molecular weight excluding hydrogens is 298 g/mol. The lowest BCUT2D eigenvalue weighted by atomic mass is 10.1. The first kappa shape index (κ1) is 15.8. The second-order valence-electron chi connectivity index (χ2n) is 4.94. The van der Waals surface area contributed by atoms with E-state index >= 15 is 0 Å². The molecule has 0 aliphatic carbocycles. The second kappa shape index (κ2) is 6.89. The van der Waals surface area contributed by atoms with Crippen LogP contribution in [0.1, 0.15) is 31.4 Å². The van der Waals surface area contributed by atoms with Crippen LogP contribution >= 0.6 is 11.6 Å². The molecule has 1 aromatic carbocycles. The first-order chi connectivity index (χ1) is 9.53. The molecule has 1 heterocycles. The highest BCUT2D eigenvalue weighted by Gasteiger charge is 2.29. The fourth-order valence-corrected chi connectivity index (χ4v) is 3.97. The molecule has 0 amide bonds.